The first-order chi connectivity index (χ1) is 15.0. The summed E-state index contributed by atoms with van der Waals surface area (Å²) in [6, 6.07) is 5.78. The molecule has 0 aliphatic heterocycles. The summed E-state index contributed by atoms with van der Waals surface area (Å²) in [5.74, 6) is -10.7. The van der Waals surface area contributed by atoms with Crippen molar-refractivity contribution in [3.8, 4) is 0 Å². The Morgan fingerprint density at radius 1 is 0.625 bits per heavy atom. The minimum Gasteiger partial charge on any atom is -0.478 e. The van der Waals surface area contributed by atoms with Crippen LogP contribution in [0.25, 0.3) is 0 Å². The van der Waals surface area contributed by atoms with Crippen LogP contribution in [0.5, 0.6) is 0 Å². The maximum Gasteiger partial charge on any atom is 0.340 e. The lowest BCUT2D eigenvalue weighted by atomic mass is 9.80. The summed E-state index contributed by atoms with van der Waals surface area (Å²) in [6.45, 7) is 0. The van der Waals surface area contributed by atoms with Crippen molar-refractivity contribution >= 4 is 35.4 Å². The zero-order valence-electron chi connectivity index (χ0n) is 16.0. The monoisotopic (exact) mass is 438 g/mol. The molecule has 0 saturated heterocycles. The molecule has 4 N–H and O–H groups in total. The molecule has 32 heavy (non-hydrogen) atoms. The molecule has 0 aromatic heterocycles. The highest BCUT2D eigenvalue weighted by molar-refractivity contribution is 6.26. The van der Waals surface area contributed by atoms with E-state index >= 15 is 0 Å². The van der Waals surface area contributed by atoms with Crippen LogP contribution in [0, 0.1) is 0 Å². The Balaban J connectivity index is 2.01. The van der Waals surface area contributed by atoms with Gasteiger partial charge in [-0.15, -0.1) is 0 Å². The van der Waals surface area contributed by atoms with Crippen LogP contribution in [-0.2, 0) is 28.8 Å². The number of carbonyl (C=O) groups is 6. The third-order valence-corrected chi connectivity index (χ3v) is 5.02. The number of carbonyl (C=O) groups excluding carboxylic acids is 2. The largest absolute Gasteiger partial charge is 0.478 e. The molecule has 0 heterocycles. The molecule has 10 nitrogen and oxygen atoms in total. The molecule has 3 rings (SSSR count). The molecule has 0 fully saturated rings. The van der Waals surface area contributed by atoms with Gasteiger partial charge in [-0.2, -0.15) is 0 Å². The minimum atomic E-state index is -1.69. The lowest BCUT2D eigenvalue weighted by molar-refractivity contribution is -0.137. The van der Waals surface area contributed by atoms with Gasteiger partial charge in [0.25, 0.3) is 0 Å². The summed E-state index contributed by atoms with van der Waals surface area (Å²) in [6.07, 6.45) is 4.48. The molecule has 2 aliphatic carbocycles. The van der Waals surface area contributed by atoms with Crippen molar-refractivity contribution in [2.45, 2.75) is 11.8 Å². The molecule has 0 spiro atoms. The van der Waals surface area contributed by atoms with E-state index in [0.29, 0.717) is 0 Å². The van der Waals surface area contributed by atoms with Crippen LogP contribution >= 0.6 is 0 Å². The Morgan fingerprint density at radius 3 is 1.31 bits per heavy atom. The number of carboxylic acids is 4. The van der Waals surface area contributed by atoms with Crippen molar-refractivity contribution in [1.29, 1.82) is 0 Å². The van der Waals surface area contributed by atoms with Crippen LogP contribution in [-0.4, -0.2) is 55.9 Å². The smallest absolute Gasteiger partial charge is 0.340 e. The van der Waals surface area contributed by atoms with Gasteiger partial charge >= 0.3 is 23.9 Å². The van der Waals surface area contributed by atoms with Gasteiger partial charge in [-0.3, -0.25) is 9.59 Å². The van der Waals surface area contributed by atoms with Crippen molar-refractivity contribution in [3.05, 3.63) is 82.0 Å². The number of aliphatic carboxylic acids is 4. The fraction of sp³-hybridized carbons (Fsp3) is 0.0909. The zero-order valence-corrected chi connectivity index (χ0v) is 16.0. The summed E-state index contributed by atoms with van der Waals surface area (Å²) in [7, 11) is 0. The van der Waals surface area contributed by atoms with Gasteiger partial charge in [0.15, 0.2) is 11.6 Å². The number of carboxylic acid groups (broad SMARTS) is 4. The molecule has 0 amide bonds. The Kier molecular flexibility index (Phi) is 5.71. The molecule has 2 aliphatic rings. The molecule has 1 aromatic rings. The lowest BCUT2D eigenvalue weighted by Gasteiger charge is -2.21. The van der Waals surface area contributed by atoms with E-state index in [1.54, 1.807) is 0 Å². The second-order valence-corrected chi connectivity index (χ2v) is 6.87. The Morgan fingerprint density at radius 2 is 1.00 bits per heavy atom. The molecule has 0 bridgehead atoms. The second kappa shape index (κ2) is 8.26. The van der Waals surface area contributed by atoms with E-state index in [4.69, 9.17) is 10.2 Å². The van der Waals surface area contributed by atoms with E-state index < -0.39 is 69.6 Å². The SMILES string of the molecule is O=C(O)C1=C(C(=O)O)C(=O)C(c2cccc(C3C=CC(C(=O)O)=C(C(=O)O)C3=O)c2)C=C1. The molecular weight excluding hydrogens is 424 g/mol. The van der Waals surface area contributed by atoms with Crippen LogP contribution in [0.4, 0.5) is 0 Å². The van der Waals surface area contributed by atoms with Gasteiger partial charge < -0.3 is 20.4 Å². The predicted octanol–water partition coefficient (Wildman–Crippen LogP) is 1.06. The third kappa shape index (κ3) is 3.76. The maximum atomic E-state index is 12.7. The van der Waals surface area contributed by atoms with E-state index in [9.17, 15) is 39.0 Å². The maximum absolute atomic E-state index is 12.7. The van der Waals surface area contributed by atoms with Crippen molar-refractivity contribution in [2.75, 3.05) is 0 Å². The molecule has 10 heteroatoms. The first-order valence-electron chi connectivity index (χ1n) is 9.01. The van der Waals surface area contributed by atoms with Gasteiger partial charge in [0, 0.05) is 0 Å². The predicted molar refractivity (Wildman–Crippen MR) is 105 cm³/mol. The van der Waals surface area contributed by atoms with Gasteiger partial charge in [-0.05, 0) is 23.3 Å². The minimum absolute atomic E-state index is 0.248. The summed E-state index contributed by atoms with van der Waals surface area (Å²) < 4.78 is 0. The number of allylic oxidation sites excluding steroid dienone is 2. The number of hydrogen-bond donors (Lipinski definition) is 4. The molecule has 2 atom stereocenters. The topological polar surface area (TPSA) is 183 Å². The highest BCUT2D eigenvalue weighted by Gasteiger charge is 2.36. The van der Waals surface area contributed by atoms with Crippen LogP contribution in [0.15, 0.2) is 70.9 Å². The van der Waals surface area contributed by atoms with Crippen LogP contribution in [0.1, 0.15) is 23.0 Å². The van der Waals surface area contributed by atoms with Crippen LogP contribution in [0.2, 0.25) is 0 Å². The Bertz CT molecular complexity index is 1130. The van der Waals surface area contributed by atoms with Crippen molar-refractivity contribution < 1.29 is 49.2 Å². The van der Waals surface area contributed by atoms with Gasteiger partial charge in [0.05, 0.1) is 23.0 Å². The highest BCUT2D eigenvalue weighted by atomic mass is 16.4. The number of benzene rings is 1. The fourth-order valence-corrected chi connectivity index (χ4v) is 3.57. The lowest BCUT2D eigenvalue weighted by Crippen LogP contribution is -2.27. The molecule has 2 unspecified atom stereocenters. The zero-order chi connectivity index (χ0) is 23.7. The van der Waals surface area contributed by atoms with Gasteiger partial charge in [0.1, 0.15) is 11.1 Å². The quantitative estimate of drug-likeness (QED) is 0.468. The molecule has 1 aromatic carbocycles. The summed E-state index contributed by atoms with van der Waals surface area (Å²) >= 11 is 0. The number of rotatable bonds is 6. The first kappa shape index (κ1) is 22.1. The van der Waals surface area contributed by atoms with E-state index in [0.717, 1.165) is 12.2 Å². The summed E-state index contributed by atoms with van der Waals surface area (Å²) in [5, 5.41) is 36.9. The molecule has 0 radical (unpaired) electrons. The molecule has 0 saturated carbocycles. The fourth-order valence-electron chi connectivity index (χ4n) is 3.57. The van der Waals surface area contributed by atoms with E-state index in [1.165, 1.54) is 36.4 Å². The third-order valence-electron chi connectivity index (χ3n) is 5.02. The normalized spacial score (nSPS) is 20.5. The van der Waals surface area contributed by atoms with Gasteiger partial charge in [-0.1, -0.05) is 36.4 Å². The Hall–Kier alpha value is -4.60. The standard InChI is InChI=1S/C22H14O10/c23-17-11(4-6-13(19(25)26)15(17)21(29)30)9-2-1-3-10(8-9)12-5-7-14(20(27)28)16(18(12)24)22(31)32/h1-8,11-12H,(H,25,26)(H,27,28)(H,29,30)(H,31,32). The van der Waals surface area contributed by atoms with E-state index in [1.807, 2.05) is 0 Å². The van der Waals surface area contributed by atoms with Crippen molar-refractivity contribution in [2.24, 2.45) is 0 Å². The second-order valence-electron chi connectivity index (χ2n) is 6.87. The van der Waals surface area contributed by atoms with E-state index in [2.05, 4.69) is 0 Å². The van der Waals surface area contributed by atoms with Crippen molar-refractivity contribution in [3.63, 3.8) is 0 Å². The molecular formula is C22H14O10. The first-order valence-corrected chi connectivity index (χ1v) is 9.01. The van der Waals surface area contributed by atoms with Gasteiger partial charge in [0.2, 0.25) is 0 Å². The van der Waals surface area contributed by atoms with Crippen LogP contribution < -0.4 is 0 Å². The molecule has 162 valence electrons. The number of Topliss-reactive ketones (excluding diaryl/α,β-unsaturated/α-hetero) is 2. The van der Waals surface area contributed by atoms with Crippen LogP contribution in [0.3, 0.4) is 0 Å². The number of ketones is 2. The average Bonchev–Trinajstić information content (AvgIpc) is 2.72. The number of hydrogen-bond acceptors (Lipinski definition) is 6. The summed E-state index contributed by atoms with van der Waals surface area (Å²) in [5.41, 5.74) is -2.58. The Labute approximate surface area is 179 Å². The average molecular weight is 438 g/mol. The van der Waals surface area contributed by atoms with Gasteiger partial charge in [-0.25, -0.2) is 19.2 Å². The van der Waals surface area contributed by atoms with E-state index in [-0.39, 0.29) is 11.1 Å². The van der Waals surface area contributed by atoms with Crippen molar-refractivity contribution in [1.82, 2.24) is 0 Å². The highest BCUT2D eigenvalue weighted by Crippen LogP contribution is 2.33. The summed E-state index contributed by atoms with van der Waals surface area (Å²) in [4.78, 5) is 70.8.